The second-order valence-corrected chi connectivity index (χ2v) is 7.60. The Labute approximate surface area is 183 Å². The number of nitrogens with zero attached hydrogens (tertiary/aromatic N) is 1. The van der Waals surface area contributed by atoms with Crippen LogP contribution >= 0.6 is 0 Å². The molecule has 0 unspecified atom stereocenters. The van der Waals surface area contributed by atoms with Gasteiger partial charge in [0.2, 0.25) is 11.8 Å². The first-order chi connectivity index (χ1) is 14.8. The fraction of sp³-hybridized carbons (Fsp3) is 0.375. The number of esters is 1. The summed E-state index contributed by atoms with van der Waals surface area (Å²) in [6.07, 6.45) is 1.79. The number of likely N-dealkylation sites (N-methyl/N-ethyl adjacent to an activating group) is 1. The molecule has 0 spiro atoms. The monoisotopic (exact) mass is 425 g/mol. The summed E-state index contributed by atoms with van der Waals surface area (Å²) < 4.78 is 5.17. The Kier molecular flexibility index (Phi) is 9.21. The number of amides is 2. The summed E-state index contributed by atoms with van der Waals surface area (Å²) in [5, 5.41) is 5.68. The number of ether oxygens (including phenoxy) is 1. The fourth-order valence-electron chi connectivity index (χ4n) is 3.02. The average molecular weight is 426 g/mol. The second-order valence-electron chi connectivity index (χ2n) is 7.60. The van der Waals surface area contributed by atoms with Gasteiger partial charge in [-0.25, -0.2) is 4.79 Å². The number of hydrogen-bond donors (Lipinski definition) is 2. The van der Waals surface area contributed by atoms with Gasteiger partial charge < -0.3 is 15.4 Å². The van der Waals surface area contributed by atoms with Crippen molar-refractivity contribution in [3.63, 3.8) is 0 Å². The summed E-state index contributed by atoms with van der Waals surface area (Å²) in [5.41, 5.74) is 3.80. The van der Waals surface area contributed by atoms with Crippen molar-refractivity contribution in [2.24, 2.45) is 0 Å². The van der Waals surface area contributed by atoms with Crippen molar-refractivity contribution in [3.8, 4) is 0 Å². The first-order valence-corrected chi connectivity index (χ1v) is 10.4. The van der Waals surface area contributed by atoms with E-state index in [0.717, 1.165) is 29.7 Å². The highest BCUT2D eigenvalue weighted by molar-refractivity contribution is 5.96. The van der Waals surface area contributed by atoms with Crippen molar-refractivity contribution in [2.45, 2.75) is 33.6 Å². The quantitative estimate of drug-likeness (QED) is 0.447. The molecule has 0 heterocycles. The molecule has 7 heteroatoms. The van der Waals surface area contributed by atoms with Crippen molar-refractivity contribution in [2.75, 3.05) is 37.4 Å². The number of carbonyl (C=O) groups excluding carboxylic acids is 3. The van der Waals surface area contributed by atoms with Gasteiger partial charge in [0, 0.05) is 11.4 Å². The van der Waals surface area contributed by atoms with Crippen molar-refractivity contribution in [3.05, 3.63) is 59.2 Å². The third kappa shape index (κ3) is 7.86. The lowest BCUT2D eigenvalue weighted by Gasteiger charge is -2.17. The third-order valence-corrected chi connectivity index (χ3v) is 4.71. The molecule has 2 N–H and O–H groups in total. The van der Waals surface area contributed by atoms with Gasteiger partial charge in [-0.05, 0) is 62.7 Å². The minimum Gasteiger partial charge on any atom is -0.462 e. The van der Waals surface area contributed by atoms with E-state index in [-0.39, 0.29) is 30.9 Å². The molecule has 0 aliphatic rings. The SMILES string of the molecule is CCCCOC(=O)c1ccc(NC(=O)CN(C)CC(=O)Nc2c(C)cccc2C)cc1. The molecule has 0 bridgehead atoms. The van der Waals surface area contributed by atoms with E-state index >= 15 is 0 Å². The van der Waals surface area contributed by atoms with Crippen LogP contribution in [0.25, 0.3) is 0 Å². The van der Waals surface area contributed by atoms with E-state index in [2.05, 4.69) is 10.6 Å². The first kappa shape index (κ1) is 24.1. The van der Waals surface area contributed by atoms with Gasteiger partial charge in [-0.1, -0.05) is 31.5 Å². The van der Waals surface area contributed by atoms with E-state index < -0.39 is 0 Å². The number of hydrogen-bond acceptors (Lipinski definition) is 5. The number of anilines is 2. The van der Waals surface area contributed by atoms with E-state index in [0.29, 0.717) is 17.9 Å². The highest BCUT2D eigenvalue weighted by Crippen LogP contribution is 2.19. The molecule has 166 valence electrons. The molecule has 0 saturated carbocycles. The van der Waals surface area contributed by atoms with Gasteiger partial charge in [0.15, 0.2) is 0 Å². The predicted molar refractivity (Wildman–Crippen MR) is 122 cm³/mol. The van der Waals surface area contributed by atoms with Crippen molar-refractivity contribution < 1.29 is 19.1 Å². The van der Waals surface area contributed by atoms with Crippen LogP contribution in [0.3, 0.4) is 0 Å². The number of aryl methyl sites for hydroxylation is 2. The highest BCUT2D eigenvalue weighted by atomic mass is 16.5. The predicted octanol–water partition coefficient (Wildman–Crippen LogP) is 3.77. The molecule has 0 aliphatic carbocycles. The van der Waals surface area contributed by atoms with Crippen LogP contribution in [0.2, 0.25) is 0 Å². The third-order valence-electron chi connectivity index (χ3n) is 4.71. The molecule has 0 saturated heterocycles. The number of benzene rings is 2. The van der Waals surface area contributed by atoms with Gasteiger partial charge in [0.25, 0.3) is 0 Å². The van der Waals surface area contributed by atoms with Crippen LogP contribution in [0, 0.1) is 13.8 Å². The van der Waals surface area contributed by atoms with Crippen LogP contribution in [0.4, 0.5) is 11.4 Å². The van der Waals surface area contributed by atoms with Gasteiger partial charge in [0.1, 0.15) is 0 Å². The smallest absolute Gasteiger partial charge is 0.338 e. The lowest BCUT2D eigenvalue weighted by molar-refractivity contribution is -0.119. The Hall–Kier alpha value is -3.19. The maximum absolute atomic E-state index is 12.3. The summed E-state index contributed by atoms with van der Waals surface area (Å²) in [7, 11) is 1.71. The minimum absolute atomic E-state index is 0.0565. The molecule has 31 heavy (non-hydrogen) atoms. The molecule has 0 aliphatic heterocycles. The van der Waals surface area contributed by atoms with Gasteiger partial charge >= 0.3 is 5.97 Å². The molecule has 0 fully saturated rings. The summed E-state index contributed by atoms with van der Waals surface area (Å²) in [6, 6.07) is 12.4. The van der Waals surface area contributed by atoms with Crippen molar-refractivity contribution in [1.29, 1.82) is 0 Å². The summed E-state index contributed by atoms with van der Waals surface area (Å²) in [4.78, 5) is 38.2. The Bertz CT molecular complexity index is 889. The molecular weight excluding hydrogens is 394 g/mol. The van der Waals surface area contributed by atoms with Crippen molar-refractivity contribution in [1.82, 2.24) is 4.90 Å². The summed E-state index contributed by atoms with van der Waals surface area (Å²) in [6.45, 7) is 6.45. The number of para-hydroxylation sites is 1. The van der Waals surface area contributed by atoms with Crippen LogP contribution in [-0.2, 0) is 14.3 Å². The van der Waals surface area contributed by atoms with E-state index in [1.54, 1.807) is 36.2 Å². The molecule has 0 aromatic heterocycles. The number of nitrogens with one attached hydrogen (secondary N) is 2. The van der Waals surface area contributed by atoms with E-state index in [4.69, 9.17) is 4.74 Å². The van der Waals surface area contributed by atoms with Gasteiger partial charge in [-0.2, -0.15) is 0 Å². The zero-order valence-electron chi connectivity index (χ0n) is 18.7. The maximum Gasteiger partial charge on any atom is 0.338 e. The molecule has 2 aromatic carbocycles. The topological polar surface area (TPSA) is 87.7 Å². The van der Waals surface area contributed by atoms with Crippen LogP contribution in [0.15, 0.2) is 42.5 Å². The minimum atomic E-state index is -0.374. The summed E-state index contributed by atoms with van der Waals surface area (Å²) in [5.74, 6) is -0.805. The summed E-state index contributed by atoms with van der Waals surface area (Å²) >= 11 is 0. The first-order valence-electron chi connectivity index (χ1n) is 10.4. The molecule has 0 radical (unpaired) electrons. The molecule has 2 aromatic rings. The van der Waals surface area contributed by atoms with E-state index in [9.17, 15) is 14.4 Å². The highest BCUT2D eigenvalue weighted by Gasteiger charge is 2.13. The fourth-order valence-corrected chi connectivity index (χ4v) is 3.02. The number of unbranched alkanes of at least 4 members (excludes halogenated alkanes) is 1. The maximum atomic E-state index is 12.3. The molecule has 7 nitrogen and oxygen atoms in total. The number of rotatable bonds is 10. The molecular formula is C24H31N3O4. The van der Waals surface area contributed by atoms with Crippen LogP contribution in [0.5, 0.6) is 0 Å². The Morgan fingerprint density at radius 2 is 1.48 bits per heavy atom. The van der Waals surface area contributed by atoms with Crippen LogP contribution in [-0.4, -0.2) is 49.4 Å². The van der Waals surface area contributed by atoms with Crippen LogP contribution in [0.1, 0.15) is 41.3 Å². The second kappa shape index (κ2) is 11.9. The van der Waals surface area contributed by atoms with E-state index in [1.807, 2.05) is 39.0 Å². The lowest BCUT2D eigenvalue weighted by atomic mass is 10.1. The zero-order valence-corrected chi connectivity index (χ0v) is 18.7. The average Bonchev–Trinajstić information content (AvgIpc) is 2.71. The van der Waals surface area contributed by atoms with Gasteiger partial charge in [0.05, 0.1) is 25.3 Å². The standard InChI is InChI=1S/C24H31N3O4/c1-5-6-14-31-24(30)19-10-12-20(13-11-19)25-21(28)15-27(4)16-22(29)26-23-17(2)8-7-9-18(23)3/h7-13H,5-6,14-16H2,1-4H3,(H,25,28)(H,26,29). The van der Waals surface area contributed by atoms with Crippen LogP contribution < -0.4 is 10.6 Å². The van der Waals surface area contributed by atoms with E-state index in [1.165, 1.54) is 0 Å². The van der Waals surface area contributed by atoms with Crippen molar-refractivity contribution >= 4 is 29.2 Å². The molecule has 0 atom stereocenters. The van der Waals surface area contributed by atoms with Gasteiger partial charge in [-0.3, -0.25) is 14.5 Å². The largest absolute Gasteiger partial charge is 0.462 e. The Balaban J connectivity index is 1.81. The normalized spacial score (nSPS) is 10.6. The zero-order chi connectivity index (χ0) is 22.8. The molecule has 2 amide bonds. The van der Waals surface area contributed by atoms with Gasteiger partial charge in [-0.15, -0.1) is 0 Å². The Morgan fingerprint density at radius 3 is 2.06 bits per heavy atom. The number of carbonyl (C=O) groups is 3. The molecule has 2 rings (SSSR count). The Morgan fingerprint density at radius 1 is 0.903 bits per heavy atom. The lowest BCUT2D eigenvalue weighted by Crippen LogP contribution is -2.36.